The highest BCUT2D eigenvalue weighted by atomic mass is 32.2. The van der Waals surface area contributed by atoms with Crippen molar-refractivity contribution in [3.8, 4) is 0 Å². The van der Waals surface area contributed by atoms with Crippen molar-refractivity contribution in [3.63, 3.8) is 0 Å². The third-order valence-electron chi connectivity index (χ3n) is 2.67. The minimum absolute atomic E-state index is 0.515. The molecule has 2 nitrogen and oxygen atoms in total. The highest BCUT2D eigenvalue weighted by Crippen LogP contribution is 2.36. The van der Waals surface area contributed by atoms with Gasteiger partial charge in [0.25, 0.3) is 0 Å². The highest BCUT2D eigenvalue weighted by molar-refractivity contribution is 8.01. The summed E-state index contributed by atoms with van der Waals surface area (Å²) in [4.78, 5) is 5.55. The molecule has 0 amide bonds. The lowest BCUT2D eigenvalue weighted by atomic mass is 10.1. The molecule has 0 radical (unpaired) electrons. The normalized spacial score (nSPS) is 10.9. The summed E-state index contributed by atoms with van der Waals surface area (Å²) in [5.41, 5.74) is 5.59. The van der Waals surface area contributed by atoms with Crippen LogP contribution < -0.4 is 5.73 Å². The van der Waals surface area contributed by atoms with Crippen LogP contribution in [0.5, 0.6) is 0 Å². The number of nitrogens with zero attached hydrogens (tertiary/aromatic N) is 1. The van der Waals surface area contributed by atoms with Gasteiger partial charge in [0.05, 0.1) is 10.4 Å². The van der Waals surface area contributed by atoms with Crippen molar-refractivity contribution in [3.05, 3.63) is 53.7 Å². The van der Waals surface area contributed by atoms with Crippen LogP contribution in [0, 0.1) is 0 Å². The first-order valence-electron chi connectivity index (χ1n) is 5.67. The van der Waals surface area contributed by atoms with Gasteiger partial charge in [0.1, 0.15) is 5.01 Å². The second kappa shape index (κ2) is 5.10. The summed E-state index contributed by atoms with van der Waals surface area (Å²) in [6.07, 6.45) is 1.90. The molecule has 3 rings (SSSR count). The second-order valence-electron chi connectivity index (χ2n) is 3.86. The van der Waals surface area contributed by atoms with Crippen LogP contribution in [0.4, 0.5) is 0 Å². The number of benzene rings is 2. The van der Waals surface area contributed by atoms with Gasteiger partial charge >= 0.3 is 0 Å². The van der Waals surface area contributed by atoms with E-state index in [0.717, 1.165) is 5.01 Å². The Morgan fingerprint density at radius 2 is 1.94 bits per heavy atom. The highest BCUT2D eigenvalue weighted by Gasteiger charge is 2.05. The van der Waals surface area contributed by atoms with Crippen molar-refractivity contribution in [2.75, 3.05) is 0 Å². The summed E-state index contributed by atoms with van der Waals surface area (Å²) < 4.78 is 1.19. The molecule has 0 atom stereocenters. The van der Waals surface area contributed by atoms with Gasteiger partial charge in [0.15, 0.2) is 0 Å². The Morgan fingerprint density at radius 3 is 2.78 bits per heavy atom. The summed E-state index contributed by atoms with van der Waals surface area (Å²) in [5.74, 6) is 0. The first-order valence-corrected chi connectivity index (χ1v) is 7.30. The van der Waals surface area contributed by atoms with Crippen molar-refractivity contribution in [1.82, 2.24) is 4.98 Å². The van der Waals surface area contributed by atoms with E-state index in [1.807, 2.05) is 6.20 Å². The van der Waals surface area contributed by atoms with Crippen molar-refractivity contribution < 1.29 is 0 Å². The predicted octanol–water partition coefficient (Wildman–Crippen LogP) is 3.91. The van der Waals surface area contributed by atoms with Gasteiger partial charge < -0.3 is 5.73 Å². The van der Waals surface area contributed by atoms with Crippen LogP contribution in [0.2, 0.25) is 0 Å². The van der Waals surface area contributed by atoms with Gasteiger partial charge in [-0.3, -0.25) is 0 Å². The summed E-state index contributed by atoms with van der Waals surface area (Å²) >= 11 is 3.42. The maximum atomic E-state index is 5.59. The van der Waals surface area contributed by atoms with Gasteiger partial charge in [-0.2, -0.15) is 0 Å². The lowest BCUT2D eigenvalue weighted by Crippen LogP contribution is -1.93. The Labute approximate surface area is 114 Å². The predicted molar refractivity (Wildman–Crippen MR) is 78.1 cm³/mol. The monoisotopic (exact) mass is 272 g/mol. The van der Waals surface area contributed by atoms with Gasteiger partial charge in [-0.15, -0.1) is 11.3 Å². The minimum Gasteiger partial charge on any atom is -0.325 e. The summed E-state index contributed by atoms with van der Waals surface area (Å²) in [5, 5.41) is 3.54. The second-order valence-corrected chi connectivity index (χ2v) is 6.31. The molecule has 0 bridgehead atoms. The molecule has 2 N–H and O–H groups in total. The molecular formula is C14H12N2S2. The van der Waals surface area contributed by atoms with E-state index >= 15 is 0 Å². The molecule has 0 aliphatic heterocycles. The van der Waals surface area contributed by atoms with E-state index in [1.165, 1.54) is 19.9 Å². The van der Waals surface area contributed by atoms with Crippen LogP contribution in [-0.4, -0.2) is 4.98 Å². The molecule has 90 valence electrons. The first kappa shape index (κ1) is 11.7. The number of nitrogens with two attached hydrogens (primary N) is 1. The summed E-state index contributed by atoms with van der Waals surface area (Å²) in [7, 11) is 0. The molecule has 0 fully saturated rings. The van der Waals surface area contributed by atoms with E-state index in [1.54, 1.807) is 23.1 Å². The molecule has 0 aliphatic carbocycles. The molecule has 0 spiro atoms. The van der Waals surface area contributed by atoms with Crippen LogP contribution >= 0.6 is 23.1 Å². The molecule has 0 unspecified atom stereocenters. The lowest BCUT2D eigenvalue weighted by molar-refractivity contribution is 1.04. The molecule has 0 saturated carbocycles. The molecule has 4 heteroatoms. The average molecular weight is 272 g/mol. The van der Waals surface area contributed by atoms with Gasteiger partial charge in [-0.05, 0) is 16.8 Å². The van der Waals surface area contributed by atoms with E-state index in [-0.39, 0.29) is 0 Å². The van der Waals surface area contributed by atoms with Crippen molar-refractivity contribution in [2.24, 2.45) is 5.73 Å². The zero-order valence-electron chi connectivity index (χ0n) is 9.67. The van der Waals surface area contributed by atoms with E-state index in [0.29, 0.717) is 6.54 Å². The van der Waals surface area contributed by atoms with Gasteiger partial charge in [-0.1, -0.05) is 48.2 Å². The Kier molecular flexibility index (Phi) is 3.32. The Morgan fingerprint density at radius 1 is 1.11 bits per heavy atom. The van der Waals surface area contributed by atoms with Gasteiger partial charge in [-0.25, -0.2) is 4.98 Å². The van der Waals surface area contributed by atoms with Crippen LogP contribution in [0.1, 0.15) is 5.01 Å². The number of thiazole rings is 1. The molecular weight excluding hydrogens is 260 g/mol. The average Bonchev–Trinajstić information content (AvgIpc) is 2.87. The van der Waals surface area contributed by atoms with Crippen molar-refractivity contribution in [2.45, 2.75) is 15.6 Å². The molecule has 18 heavy (non-hydrogen) atoms. The Balaban J connectivity index is 1.99. The molecule has 0 saturated heterocycles. The zero-order chi connectivity index (χ0) is 12.4. The zero-order valence-corrected chi connectivity index (χ0v) is 11.3. The SMILES string of the molecule is NCc1ncc(Sc2cccc3ccccc23)s1. The number of hydrogen-bond donors (Lipinski definition) is 1. The van der Waals surface area contributed by atoms with Gasteiger partial charge in [0, 0.05) is 11.4 Å². The fourth-order valence-electron chi connectivity index (χ4n) is 1.83. The third-order valence-corrected chi connectivity index (χ3v) is 4.86. The molecule has 0 aliphatic rings. The molecule has 1 heterocycles. The van der Waals surface area contributed by atoms with Gasteiger partial charge in [0.2, 0.25) is 0 Å². The quantitative estimate of drug-likeness (QED) is 0.785. The van der Waals surface area contributed by atoms with Crippen molar-refractivity contribution >= 4 is 33.9 Å². The van der Waals surface area contributed by atoms with Crippen LogP contribution in [-0.2, 0) is 6.54 Å². The van der Waals surface area contributed by atoms with E-state index < -0.39 is 0 Å². The van der Waals surface area contributed by atoms with Crippen molar-refractivity contribution in [1.29, 1.82) is 0 Å². The molecule has 3 aromatic rings. The van der Waals surface area contributed by atoms with Crippen LogP contribution in [0.15, 0.2) is 57.8 Å². The first-order chi connectivity index (χ1) is 8.86. The minimum atomic E-state index is 0.515. The van der Waals surface area contributed by atoms with Crippen LogP contribution in [0.25, 0.3) is 10.8 Å². The maximum absolute atomic E-state index is 5.59. The van der Waals surface area contributed by atoms with E-state index in [9.17, 15) is 0 Å². The Hall–Kier alpha value is -1.36. The number of aromatic nitrogens is 1. The third kappa shape index (κ3) is 2.27. The van der Waals surface area contributed by atoms with Crippen LogP contribution in [0.3, 0.4) is 0 Å². The fourth-order valence-corrected chi connectivity index (χ4v) is 3.84. The number of rotatable bonds is 3. The number of fused-ring (bicyclic) bond motifs is 1. The van der Waals surface area contributed by atoms with E-state index in [4.69, 9.17) is 5.73 Å². The maximum Gasteiger partial charge on any atom is 0.107 e. The fraction of sp³-hybridized carbons (Fsp3) is 0.0714. The smallest absolute Gasteiger partial charge is 0.107 e. The summed E-state index contributed by atoms with van der Waals surface area (Å²) in [6, 6.07) is 14.8. The lowest BCUT2D eigenvalue weighted by Gasteiger charge is -2.03. The molecule has 2 aromatic carbocycles. The summed E-state index contributed by atoms with van der Waals surface area (Å²) in [6.45, 7) is 0.515. The topological polar surface area (TPSA) is 38.9 Å². The standard InChI is InChI=1S/C14H12N2S2/c15-8-13-16-9-14(18-13)17-12-7-3-5-10-4-1-2-6-11(10)12/h1-7,9H,8,15H2. The largest absolute Gasteiger partial charge is 0.325 e. The number of hydrogen-bond acceptors (Lipinski definition) is 4. The van der Waals surface area contributed by atoms with E-state index in [2.05, 4.69) is 47.4 Å². The Bertz CT molecular complexity index is 671. The molecule has 1 aromatic heterocycles.